The summed E-state index contributed by atoms with van der Waals surface area (Å²) in [7, 11) is 0. The van der Waals surface area contributed by atoms with E-state index in [9.17, 15) is 4.79 Å². The maximum Gasteiger partial charge on any atom is 0.321 e. The van der Waals surface area contributed by atoms with Crippen LogP contribution in [0.5, 0.6) is 0 Å². The first-order valence-electron chi connectivity index (χ1n) is 6.92. The summed E-state index contributed by atoms with van der Waals surface area (Å²) in [5.41, 5.74) is 9.88. The van der Waals surface area contributed by atoms with Crippen LogP contribution in [0.25, 0.3) is 22.2 Å². The van der Waals surface area contributed by atoms with Gasteiger partial charge in [0.15, 0.2) is 0 Å². The molecule has 0 aliphatic carbocycles. The third kappa shape index (κ3) is 2.69. The molecule has 0 aliphatic heterocycles. The lowest BCUT2D eigenvalue weighted by Crippen LogP contribution is -2.28. The van der Waals surface area contributed by atoms with Gasteiger partial charge in [-0.2, -0.15) is 0 Å². The molecule has 0 atom stereocenters. The van der Waals surface area contributed by atoms with E-state index in [-0.39, 0.29) is 6.03 Å². The number of aromatic nitrogens is 3. The lowest BCUT2D eigenvalue weighted by molar-refractivity contribution is 0.252. The second kappa shape index (κ2) is 5.72. The van der Waals surface area contributed by atoms with Gasteiger partial charge in [-0.1, -0.05) is 6.07 Å². The zero-order valence-electron chi connectivity index (χ0n) is 12.1. The number of hydrogen-bond donors (Lipinski definition) is 4. The maximum absolute atomic E-state index is 11.5. The number of nitrogens with two attached hydrogens (primary N) is 1. The molecule has 7 nitrogen and oxygen atoms in total. The SMILES string of the molecule is CCNC(=O)Nc1nc2c(N)cc(-c3cccnc3)cc2[nH]1. The van der Waals surface area contributed by atoms with E-state index >= 15 is 0 Å². The van der Waals surface area contributed by atoms with Crippen LogP contribution in [0.15, 0.2) is 36.7 Å². The van der Waals surface area contributed by atoms with Crippen molar-refractivity contribution < 1.29 is 4.79 Å². The Morgan fingerprint density at radius 3 is 2.95 bits per heavy atom. The molecule has 7 heteroatoms. The highest BCUT2D eigenvalue weighted by Gasteiger charge is 2.10. The average molecular weight is 296 g/mol. The third-order valence-electron chi connectivity index (χ3n) is 3.18. The number of H-pyrrole nitrogens is 1. The first-order chi connectivity index (χ1) is 10.7. The van der Waals surface area contributed by atoms with Crippen LogP contribution >= 0.6 is 0 Å². The Bertz CT molecular complexity index is 812. The van der Waals surface area contributed by atoms with Crippen molar-refractivity contribution in [2.45, 2.75) is 6.92 Å². The zero-order valence-corrected chi connectivity index (χ0v) is 12.1. The Hall–Kier alpha value is -3.09. The summed E-state index contributed by atoms with van der Waals surface area (Å²) in [4.78, 5) is 23.0. The molecule has 5 N–H and O–H groups in total. The number of hydrogen-bond acceptors (Lipinski definition) is 4. The number of benzene rings is 1. The molecule has 0 saturated carbocycles. The highest BCUT2D eigenvalue weighted by Crippen LogP contribution is 2.28. The molecule has 0 radical (unpaired) electrons. The zero-order chi connectivity index (χ0) is 15.5. The number of urea groups is 1. The standard InChI is InChI=1S/C15H16N6O/c1-2-18-15(22)21-14-19-12-7-10(6-11(16)13(12)20-14)9-4-3-5-17-8-9/h3-8H,2,16H2,1H3,(H3,18,19,20,21,22). The molecular formula is C15H16N6O. The smallest absolute Gasteiger partial charge is 0.321 e. The quantitative estimate of drug-likeness (QED) is 0.556. The summed E-state index contributed by atoms with van der Waals surface area (Å²) in [5.74, 6) is 0.357. The minimum Gasteiger partial charge on any atom is -0.397 e. The molecule has 0 unspecified atom stereocenters. The molecule has 2 amide bonds. The summed E-state index contributed by atoms with van der Waals surface area (Å²) >= 11 is 0. The van der Waals surface area contributed by atoms with Crippen molar-refractivity contribution in [2.24, 2.45) is 0 Å². The van der Waals surface area contributed by atoms with Crippen LogP contribution in [0, 0.1) is 0 Å². The van der Waals surface area contributed by atoms with E-state index < -0.39 is 0 Å². The van der Waals surface area contributed by atoms with Gasteiger partial charge >= 0.3 is 6.03 Å². The number of aromatic amines is 1. The van der Waals surface area contributed by atoms with E-state index in [1.807, 2.05) is 31.2 Å². The topological polar surface area (TPSA) is 109 Å². The maximum atomic E-state index is 11.5. The fraction of sp³-hybridized carbons (Fsp3) is 0.133. The summed E-state index contributed by atoms with van der Waals surface area (Å²) in [6.07, 6.45) is 3.49. The van der Waals surface area contributed by atoms with Gasteiger partial charge in [-0.25, -0.2) is 9.78 Å². The molecule has 2 aromatic heterocycles. The third-order valence-corrected chi connectivity index (χ3v) is 3.18. The van der Waals surface area contributed by atoms with Gasteiger partial charge in [-0.3, -0.25) is 10.3 Å². The highest BCUT2D eigenvalue weighted by atomic mass is 16.2. The van der Waals surface area contributed by atoms with Crippen LogP contribution in [0.2, 0.25) is 0 Å². The lowest BCUT2D eigenvalue weighted by atomic mass is 10.1. The van der Waals surface area contributed by atoms with Crippen molar-refractivity contribution in [3.63, 3.8) is 0 Å². The van der Waals surface area contributed by atoms with Crippen molar-refractivity contribution in [1.82, 2.24) is 20.3 Å². The predicted molar refractivity (Wildman–Crippen MR) is 86.4 cm³/mol. The number of carbonyl (C=O) groups is 1. The van der Waals surface area contributed by atoms with Crippen LogP contribution < -0.4 is 16.4 Å². The number of amides is 2. The number of pyridine rings is 1. The number of nitrogens with one attached hydrogen (secondary N) is 3. The molecule has 0 aliphatic rings. The van der Waals surface area contributed by atoms with E-state index in [0.29, 0.717) is 23.7 Å². The van der Waals surface area contributed by atoms with Gasteiger partial charge < -0.3 is 16.0 Å². The number of nitrogens with zero attached hydrogens (tertiary/aromatic N) is 2. The van der Waals surface area contributed by atoms with Crippen LogP contribution in [0.1, 0.15) is 6.92 Å². The van der Waals surface area contributed by atoms with Gasteiger partial charge in [0.1, 0.15) is 5.52 Å². The number of imidazole rings is 1. The van der Waals surface area contributed by atoms with Crippen molar-refractivity contribution in [3.05, 3.63) is 36.7 Å². The van der Waals surface area contributed by atoms with E-state index in [1.54, 1.807) is 12.4 Å². The van der Waals surface area contributed by atoms with Crippen molar-refractivity contribution in [1.29, 1.82) is 0 Å². The molecule has 1 aromatic carbocycles. The van der Waals surface area contributed by atoms with Gasteiger partial charge in [-0.05, 0) is 30.7 Å². The fourth-order valence-corrected chi connectivity index (χ4v) is 2.22. The average Bonchev–Trinajstić information content (AvgIpc) is 2.91. The van der Waals surface area contributed by atoms with Crippen molar-refractivity contribution in [3.8, 4) is 11.1 Å². The van der Waals surface area contributed by atoms with E-state index in [0.717, 1.165) is 16.6 Å². The molecule has 0 fully saturated rings. The Balaban J connectivity index is 1.98. The van der Waals surface area contributed by atoms with Gasteiger partial charge in [0.2, 0.25) is 5.95 Å². The second-order valence-electron chi connectivity index (χ2n) is 4.77. The number of nitrogen functional groups attached to an aromatic ring is 1. The number of anilines is 2. The molecule has 3 aromatic rings. The van der Waals surface area contributed by atoms with Crippen LogP contribution in [0.4, 0.5) is 16.4 Å². The van der Waals surface area contributed by atoms with Crippen LogP contribution in [-0.4, -0.2) is 27.5 Å². The van der Waals surface area contributed by atoms with Gasteiger partial charge in [0, 0.05) is 24.5 Å². The van der Waals surface area contributed by atoms with E-state index in [2.05, 4.69) is 25.6 Å². The first kappa shape index (κ1) is 13.9. The second-order valence-corrected chi connectivity index (χ2v) is 4.77. The van der Waals surface area contributed by atoms with E-state index in [4.69, 9.17) is 5.73 Å². The molecular weight excluding hydrogens is 280 g/mol. The monoisotopic (exact) mass is 296 g/mol. The van der Waals surface area contributed by atoms with Crippen LogP contribution in [0.3, 0.4) is 0 Å². The minimum atomic E-state index is -0.312. The minimum absolute atomic E-state index is 0.312. The molecule has 0 spiro atoms. The Morgan fingerprint density at radius 1 is 1.36 bits per heavy atom. The van der Waals surface area contributed by atoms with Crippen molar-refractivity contribution in [2.75, 3.05) is 17.6 Å². The number of carbonyl (C=O) groups excluding carboxylic acids is 1. The number of rotatable bonds is 3. The summed E-state index contributed by atoms with van der Waals surface area (Å²) in [5, 5.41) is 5.27. The molecule has 112 valence electrons. The fourth-order valence-electron chi connectivity index (χ4n) is 2.22. The predicted octanol–water partition coefficient (Wildman–Crippen LogP) is 2.35. The molecule has 2 heterocycles. The molecule has 3 rings (SSSR count). The normalized spacial score (nSPS) is 10.6. The Labute approximate surface area is 127 Å². The Morgan fingerprint density at radius 2 is 2.23 bits per heavy atom. The van der Waals surface area contributed by atoms with Gasteiger partial charge in [0.05, 0.1) is 11.2 Å². The Kier molecular flexibility index (Phi) is 3.61. The van der Waals surface area contributed by atoms with E-state index in [1.165, 1.54) is 0 Å². The lowest BCUT2D eigenvalue weighted by Gasteiger charge is -2.03. The van der Waals surface area contributed by atoms with Gasteiger partial charge in [-0.15, -0.1) is 0 Å². The van der Waals surface area contributed by atoms with Crippen LogP contribution in [-0.2, 0) is 0 Å². The summed E-state index contributed by atoms with van der Waals surface area (Å²) in [6, 6.07) is 7.28. The highest BCUT2D eigenvalue weighted by molar-refractivity contribution is 5.95. The molecule has 22 heavy (non-hydrogen) atoms. The largest absolute Gasteiger partial charge is 0.397 e. The number of fused-ring (bicyclic) bond motifs is 1. The van der Waals surface area contributed by atoms with Crippen molar-refractivity contribution >= 4 is 28.7 Å². The molecule has 0 saturated heterocycles. The summed E-state index contributed by atoms with van der Waals surface area (Å²) in [6.45, 7) is 2.38. The first-order valence-corrected chi connectivity index (χ1v) is 6.92. The molecule has 0 bridgehead atoms. The summed E-state index contributed by atoms with van der Waals surface area (Å²) < 4.78 is 0. The van der Waals surface area contributed by atoms with Gasteiger partial charge in [0.25, 0.3) is 0 Å².